The van der Waals surface area contributed by atoms with Gasteiger partial charge in [0.1, 0.15) is 19.3 Å². The zero-order valence-corrected chi connectivity index (χ0v) is 22.9. The summed E-state index contributed by atoms with van der Waals surface area (Å²) in [7, 11) is 0. The molecule has 0 spiro atoms. The van der Waals surface area contributed by atoms with E-state index in [0.29, 0.717) is 6.42 Å². The maximum atomic E-state index is 13.1. The molecular formula is C32H32N2O8. The molecule has 2 unspecified atom stereocenters. The van der Waals surface area contributed by atoms with Gasteiger partial charge in [-0.3, -0.25) is 9.59 Å². The summed E-state index contributed by atoms with van der Waals surface area (Å²) in [6, 6.07) is 23.6. The van der Waals surface area contributed by atoms with Gasteiger partial charge >= 0.3 is 18.0 Å². The largest absolute Gasteiger partial charge is 0.479 e. The van der Waals surface area contributed by atoms with Crippen molar-refractivity contribution < 1.29 is 38.5 Å². The van der Waals surface area contributed by atoms with E-state index in [1.807, 2.05) is 66.7 Å². The molecule has 218 valence electrons. The van der Waals surface area contributed by atoms with E-state index in [1.54, 1.807) is 12.1 Å². The number of esters is 1. The fraction of sp³-hybridized carbons (Fsp3) is 0.312. The van der Waals surface area contributed by atoms with Crippen LogP contribution in [0.5, 0.6) is 0 Å². The zero-order chi connectivity index (χ0) is 29.5. The average molecular weight is 573 g/mol. The molecule has 10 nitrogen and oxygen atoms in total. The van der Waals surface area contributed by atoms with Crippen molar-refractivity contribution in [3.8, 4) is 11.1 Å². The lowest BCUT2D eigenvalue weighted by Crippen LogP contribution is -2.50. The van der Waals surface area contributed by atoms with Gasteiger partial charge in [-0.15, -0.1) is 0 Å². The normalized spacial score (nSPS) is 17.9. The van der Waals surface area contributed by atoms with Crippen molar-refractivity contribution in [3.63, 3.8) is 0 Å². The molecule has 3 N–H and O–H groups in total. The van der Waals surface area contributed by atoms with E-state index >= 15 is 0 Å². The van der Waals surface area contributed by atoms with Crippen molar-refractivity contribution in [2.24, 2.45) is 5.92 Å². The molecule has 1 saturated heterocycles. The summed E-state index contributed by atoms with van der Waals surface area (Å²) in [5, 5.41) is 14.5. The lowest BCUT2D eigenvalue weighted by atomic mass is 9.98. The second-order valence-corrected chi connectivity index (χ2v) is 10.3. The number of carboxylic acid groups (broad SMARTS) is 1. The lowest BCUT2D eigenvalue weighted by molar-refractivity contribution is -0.149. The van der Waals surface area contributed by atoms with Crippen LogP contribution < -0.4 is 10.6 Å². The van der Waals surface area contributed by atoms with Gasteiger partial charge in [-0.2, -0.15) is 0 Å². The highest BCUT2D eigenvalue weighted by Crippen LogP contribution is 2.44. The van der Waals surface area contributed by atoms with Crippen molar-refractivity contribution in [1.29, 1.82) is 0 Å². The number of benzene rings is 3. The quantitative estimate of drug-likeness (QED) is 0.296. The van der Waals surface area contributed by atoms with Crippen LogP contribution in [0.15, 0.2) is 78.9 Å². The first-order valence-corrected chi connectivity index (χ1v) is 13.8. The molecule has 2 amide bonds. The van der Waals surface area contributed by atoms with Crippen LogP contribution in [0.2, 0.25) is 0 Å². The second kappa shape index (κ2) is 13.3. The van der Waals surface area contributed by atoms with E-state index in [-0.39, 0.29) is 32.3 Å². The van der Waals surface area contributed by atoms with Crippen LogP contribution in [0.4, 0.5) is 4.79 Å². The molecule has 1 aliphatic heterocycles. The number of fused-ring (bicyclic) bond motifs is 3. The summed E-state index contributed by atoms with van der Waals surface area (Å²) in [5.41, 5.74) is 5.01. The highest BCUT2D eigenvalue weighted by atomic mass is 16.6. The molecule has 0 saturated carbocycles. The van der Waals surface area contributed by atoms with Gasteiger partial charge in [0, 0.05) is 25.0 Å². The first kappa shape index (κ1) is 28.8. The molecule has 0 radical (unpaired) electrons. The average Bonchev–Trinajstić information content (AvgIpc) is 3.61. The van der Waals surface area contributed by atoms with Crippen LogP contribution in [0, 0.1) is 5.92 Å². The van der Waals surface area contributed by atoms with Gasteiger partial charge in [-0.05, 0) is 34.2 Å². The Morgan fingerprint density at radius 2 is 1.52 bits per heavy atom. The molecule has 42 heavy (non-hydrogen) atoms. The Hall–Kier alpha value is -4.70. The molecule has 3 atom stereocenters. The fourth-order valence-corrected chi connectivity index (χ4v) is 5.43. The van der Waals surface area contributed by atoms with Gasteiger partial charge in [-0.1, -0.05) is 78.9 Å². The molecule has 2 aliphatic rings. The number of hydrogen-bond acceptors (Lipinski definition) is 7. The Balaban J connectivity index is 1.22. The summed E-state index contributed by atoms with van der Waals surface area (Å²) in [4.78, 5) is 50.2. The lowest BCUT2D eigenvalue weighted by Gasteiger charge is -2.21. The minimum absolute atomic E-state index is 0.0116. The van der Waals surface area contributed by atoms with Gasteiger partial charge in [0.05, 0.1) is 6.42 Å². The van der Waals surface area contributed by atoms with Crippen LogP contribution in [0.3, 0.4) is 0 Å². The number of alkyl carbamates (subject to hydrolysis) is 1. The van der Waals surface area contributed by atoms with Crippen molar-refractivity contribution in [3.05, 3.63) is 95.6 Å². The van der Waals surface area contributed by atoms with Crippen molar-refractivity contribution in [2.45, 2.75) is 37.5 Å². The number of aliphatic carboxylic acids is 1. The summed E-state index contributed by atoms with van der Waals surface area (Å²) in [6.45, 7) is 0.327. The first-order chi connectivity index (χ1) is 20.4. The maximum absolute atomic E-state index is 13.1. The molecule has 1 fully saturated rings. The van der Waals surface area contributed by atoms with Gasteiger partial charge in [0.15, 0.2) is 6.10 Å². The number of carboxylic acids is 1. The summed E-state index contributed by atoms with van der Waals surface area (Å²) >= 11 is 0. The predicted octanol–water partition coefficient (Wildman–Crippen LogP) is 3.63. The third-order valence-corrected chi connectivity index (χ3v) is 7.56. The second-order valence-electron chi connectivity index (χ2n) is 10.3. The number of carbonyl (C=O) groups is 4. The number of carbonyl (C=O) groups excluding carboxylic acids is 3. The summed E-state index contributed by atoms with van der Waals surface area (Å²) < 4.78 is 16.1. The Kier molecular flexibility index (Phi) is 9.13. The molecule has 3 aromatic rings. The molecule has 0 aromatic heterocycles. The minimum Gasteiger partial charge on any atom is -0.479 e. The predicted molar refractivity (Wildman–Crippen MR) is 151 cm³/mol. The van der Waals surface area contributed by atoms with Crippen LogP contribution in [0.25, 0.3) is 11.1 Å². The Bertz CT molecular complexity index is 1400. The van der Waals surface area contributed by atoms with Gasteiger partial charge in [0.2, 0.25) is 5.91 Å². The monoisotopic (exact) mass is 572 g/mol. The van der Waals surface area contributed by atoms with E-state index in [2.05, 4.69) is 10.6 Å². The molecule has 1 aliphatic carbocycles. The number of hydrogen-bond donors (Lipinski definition) is 3. The number of nitrogens with one attached hydrogen (secondary N) is 2. The SMILES string of the molecule is O=C(C[C@H](NC(=O)OCC1c2ccccc2-c2ccccc21)C(=O)NCC1CCOC1C(=O)O)OCc1ccccc1. The first-order valence-electron chi connectivity index (χ1n) is 13.8. The highest BCUT2D eigenvalue weighted by Gasteiger charge is 2.35. The van der Waals surface area contributed by atoms with E-state index in [4.69, 9.17) is 14.2 Å². The van der Waals surface area contributed by atoms with E-state index in [9.17, 15) is 24.3 Å². The minimum atomic E-state index is -1.30. The van der Waals surface area contributed by atoms with Gasteiger partial charge in [-0.25, -0.2) is 9.59 Å². The van der Waals surface area contributed by atoms with Crippen molar-refractivity contribution >= 4 is 23.9 Å². The third kappa shape index (κ3) is 6.77. The zero-order valence-electron chi connectivity index (χ0n) is 22.9. The van der Waals surface area contributed by atoms with Crippen LogP contribution in [-0.2, 0) is 35.2 Å². The smallest absolute Gasteiger partial charge is 0.407 e. The topological polar surface area (TPSA) is 140 Å². The molecule has 5 rings (SSSR count). The number of amides is 2. The van der Waals surface area contributed by atoms with Crippen LogP contribution >= 0.6 is 0 Å². The van der Waals surface area contributed by atoms with E-state index in [1.165, 1.54) is 0 Å². The highest BCUT2D eigenvalue weighted by molar-refractivity contribution is 5.89. The van der Waals surface area contributed by atoms with Crippen LogP contribution in [-0.4, -0.2) is 60.9 Å². The summed E-state index contributed by atoms with van der Waals surface area (Å²) in [6.07, 6.45) is -1.87. The molecule has 0 bridgehead atoms. The third-order valence-electron chi connectivity index (χ3n) is 7.56. The van der Waals surface area contributed by atoms with Crippen molar-refractivity contribution in [1.82, 2.24) is 10.6 Å². The molecule has 10 heteroatoms. The van der Waals surface area contributed by atoms with E-state index < -0.39 is 48.4 Å². The standard InChI is InChI=1S/C32H32N2O8/c35-28(41-18-20-8-2-1-3-9-20)16-27(30(36)33-17-21-14-15-40-29(21)31(37)38)34-32(39)42-19-26-24-12-6-4-10-22(24)23-11-5-7-13-25(23)26/h1-13,21,26-27,29H,14-19H2,(H,33,36)(H,34,39)(H,37,38)/t21?,27-,29?/m0/s1. The van der Waals surface area contributed by atoms with Crippen molar-refractivity contribution in [2.75, 3.05) is 19.8 Å². The Morgan fingerprint density at radius 1 is 0.881 bits per heavy atom. The van der Waals surface area contributed by atoms with E-state index in [0.717, 1.165) is 27.8 Å². The van der Waals surface area contributed by atoms with Gasteiger partial charge in [0.25, 0.3) is 0 Å². The summed E-state index contributed by atoms with van der Waals surface area (Å²) in [5.74, 6) is -3.07. The van der Waals surface area contributed by atoms with Crippen LogP contribution in [0.1, 0.15) is 35.4 Å². The number of ether oxygens (including phenoxy) is 3. The Morgan fingerprint density at radius 3 is 2.19 bits per heavy atom. The maximum Gasteiger partial charge on any atom is 0.407 e. The number of rotatable bonds is 11. The fourth-order valence-electron chi connectivity index (χ4n) is 5.43. The van der Waals surface area contributed by atoms with Gasteiger partial charge < -0.3 is 30.0 Å². The Labute approximate surface area is 243 Å². The molecule has 1 heterocycles. The molecule has 3 aromatic carbocycles. The molecular weight excluding hydrogens is 540 g/mol.